The second-order valence-corrected chi connectivity index (χ2v) is 4.02. The van der Waals surface area contributed by atoms with Crippen molar-refractivity contribution >= 4 is 0 Å². The Bertz CT molecular complexity index is 723. The van der Waals surface area contributed by atoms with Gasteiger partial charge in [-0.3, -0.25) is 0 Å². The molecule has 0 atom stereocenters. The van der Waals surface area contributed by atoms with E-state index in [1.807, 2.05) is 24.3 Å². The molecule has 0 amide bonds. The molecule has 0 saturated heterocycles. The van der Waals surface area contributed by atoms with Crippen LogP contribution in [0.5, 0.6) is 11.5 Å². The third kappa shape index (κ3) is 2.18. The Morgan fingerprint density at radius 1 is 1.15 bits per heavy atom. The molecule has 3 aromatic rings. The predicted molar refractivity (Wildman–Crippen MR) is 71.2 cm³/mol. The Morgan fingerprint density at radius 3 is 2.65 bits per heavy atom. The molecule has 0 bridgehead atoms. The van der Waals surface area contributed by atoms with Gasteiger partial charge < -0.3 is 14.4 Å². The first-order valence-corrected chi connectivity index (χ1v) is 5.90. The highest BCUT2D eigenvalue weighted by Gasteiger charge is 2.14. The average Bonchev–Trinajstić information content (AvgIpc) is 2.97. The Hall–Kier alpha value is -2.89. The van der Waals surface area contributed by atoms with E-state index in [0.29, 0.717) is 5.82 Å². The van der Waals surface area contributed by atoms with Gasteiger partial charge in [0.1, 0.15) is 11.5 Å². The molecule has 1 N–H and O–H groups in total. The molecule has 0 spiro atoms. The van der Waals surface area contributed by atoms with Crippen LogP contribution in [0.1, 0.15) is 0 Å². The largest absolute Gasteiger partial charge is 0.505 e. The van der Waals surface area contributed by atoms with Gasteiger partial charge in [-0.2, -0.15) is 4.98 Å². The minimum absolute atomic E-state index is 0.00238. The maximum atomic E-state index is 9.71. The number of nitrogens with zero attached hydrogens (tertiary/aromatic N) is 3. The van der Waals surface area contributed by atoms with Crippen molar-refractivity contribution in [2.75, 3.05) is 7.11 Å². The summed E-state index contributed by atoms with van der Waals surface area (Å²) in [5.74, 6) is 1.35. The molecule has 0 aliphatic heterocycles. The maximum absolute atomic E-state index is 9.71. The lowest BCUT2D eigenvalue weighted by atomic mass is 10.2. The van der Waals surface area contributed by atoms with Gasteiger partial charge in [-0.25, -0.2) is 4.98 Å². The van der Waals surface area contributed by atoms with E-state index in [1.54, 1.807) is 19.4 Å². The van der Waals surface area contributed by atoms with Gasteiger partial charge in [0.05, 0.1) is 7.11 Å². The van der Waals surface area contributed by atoms with Crippen LogP contribution in [0.4, 0.5) is 0 Å². The maximum Gasteiger partial charge on any atom is 0.280 e. The molecule has 6 nitrogen and oxygen atoms in total. The molecule has 0 unspecified atom stereocenters. The fraction of sp³-hybridized carbons (Fsp3) is 0.0714. The molecule has 3 rings (SSSR count). The summed E-state index contributed by atoms with van der Waals surface area (Å²) >= 11 is 0. The molecule has 0 saturated carbocycles. The minimum Gasteiger partial charge on any atom is -0.505 e. The van der Waals surface area contributed by atoms with Crippen LogP contribution in [0.15, 0.2) is 47.1 Å². The van der Waals surface area contributed by atoms with Gasteiger partial charge in [-0.15, -0.1) is 0 Å². The smallest absolute Gasteiger partial charge is 0.280 e. The minimum atomic E-state index is -0.00238. The second kappa shape index (κ2) is 5.00. The van der Waals surface area contributed by atoms with Crippen LogP contribution < -0.4 is 4.74 Å². The van der Waals surface area contributed by atoms with Crippen molar-refractivity contribution in [1.29, 1.82) is 0 Å². The van der Waals surface area contributed by atoms with Crippen molar-refractivity contribution in [3.8, 4) is 34.5 Å². The SMILES string of the molecule is COc1ccc(-c2noc(-c3ncccc3O)n2)cc1. The Balaban J connectivity index is 1.95. The van der Waals surface area contributed by atoms with Gasteiger partial charge in [0.2, 0.25) is 5.82 Å². The van der Waals surface area contributed by atoms with Crippen LogP contribution >= 0.6 is 0 Å². The number of rotatable bonds is 3. The first-order valence-electron chi connectivity index (χ1n) is 5.90. The average molecular weight is 269 g/mol. The van der Waals surface area contributed by atoms with Crippen LogP contribution in [0.3, 0.4) is 0 Å². The molecule has 2 heterocycles. The number of aromatic nitrogens is 3. The number of benzene rings is 1. The highest BCUT2D eigenvalue weighted by atomic mass is 16.5. The van der Waals surface area contributed by atoms with E-state index in [2.05, 4.69) is 15.1 Å². The van der Waals surface area contributed by atoms with E-state index < -0.39 is 0 Å². The standard InChI is InChI=1S/C14H11N3O3/c1-19-10-6-4-9(5-7-10)13-16-14(20-17-13)12-11(18)3-2-8-15-12/h2-8,18H,1H3. The molecule has 1 aromatic carbocycles. The summed E-state index contributed by atoms with van der Waals surface area (Å²) in [6, 6.07) is 10.4. The van der Waals surface area contributed by atoms with Crippen LogP contribution in [0.2, 0.25) is 0 Å². The summed E-state index contributed by atoms with van der Waals surface area (Å²) in [7, 11) is 1.60. The Morgan fingerprint density at radius 2 is 1.95 bits per heavy atom. The normalized spacial score (nSPS) is 10.4. The number of pyridine rings is 1. The summed E-state index contributed by atoms with van der Waals surface area (Å²) in [4.78, 5) is 8.24. The van der Waals surface area contributed by atoms with Crippen LogP contribution in [-0.2, 0) is 0 Å². The van der Waals surface area contributed by atoms with Gasteiger partial charge in [0.25, 0.3) is 5.89 Å². The van der Waals surface area contributed by atoms with Crippen molar-refractivity contribution in [2.45, 2.75) is 0 Å². The quantitative estimate of drug-likeness (QED) is 0.786. The first kappa shape index (κ1) is 12.2. The monoisotopic (exact) mass is 269 g/mol. The molecule has 2 aromatic heterocycles. The van der Waals surface area contributed by atoms with Gasteiger partial charge in [0.15, 0.2) is 5.69 Å². The van der Waals surface area contributed by atoms with Crippen LogP contribution in [0, 0.1) is 0 Å². The third-order valence-electron chi connectivity index (χ3n) is 2.76. The summed E-state index contributed by atoms with van der Waals surface area (Å²) in [6.45, 7) is 0. The topological polar surface area (TPSA) is 81.3 Å². The van der Waals surface area contributed by atoms with Crippen molar-refractivity contribution < 1.29 is 14.4 Å². The van der Waals surface area contributed by atoms with Crippen LogP contribution in [0.25, 0.3) is 23.0 Å². The van der Waals surface area contributed by atoms with Crippen molar-refractivity contribution in [1.82, 2.24) is 15.1 Å². The zero-order valence-corrected chi connectivity index (χ0v) is 10.6. The van der Waals surface area contributed by atoms with Gasteiger partial charge in [-0.05, 0) is 36.4 Å². The fourth-order valence-electron chi connectivity index (χ4n) is 1.74. The molecule has 6 heteroatoms. The molecule has 0 aliphatic rings. The predicted octanol–water partition coefficient (Wildman–Crippen LogP) is 2.51. The summed E-state index contributed by atoms with van der Waals surface area (Å²) < 4.78 is 10.2. The number of methoxy groups -OCH3 is 1. The highest BCUT2D eigenvalue weighted by Crippen LogP contribution is 2.27. The number of hydrogen-bond donors (Lipinski definition) is 1. The number of ether oxygens (including phenoxy) is 1. The van der Waals surface area contributed by atoms with Gasteiger partial charge >= 0.3 is 0 Å². The number of hydrogen-bond acceptors (Lipinski definition) is 6. The highest BCUT2D eigenvalue weighted by molar-refractivity contribution is 5.61. The lowest BCUT2D eigenvalue weighted by Gasteiger charge is -1.99. The zero-order valence-electron chi connectivity index (χ0n) is 10.6. The Kier molecular flexibility index (Phi) is 3.04. The van der Waals surface area contributed by atoms with E-state index in [9.17, 15) is 5.11 Å². The molecule has 0 fully saturated rings. The lowest BCUT2D eigenvalue weighted by Crippen LogP contribution is -1.85. The van der Waals surface area contributed by atoms with Gasteiger partial charge in [0, 0.05) is 11.8 Å². The van der Waals surface area contributed by atoms with Crippen molar-refractivity contribution in [3.05, 3.63) is 42.6 Å². The fourth-order valence-corrected chi connectivity index (χ4v) is 1.74. The van der Waals surface area contributed by atoms with E-state index in [1.165, 1.54) is 6.07 Å². The first-order chi connectivity index (χ1) is 9.78. The molecule has 100 valence electrons. The lowest BCUT2D eigenvalue weighted by molar-refractivity contribution is 0.414. The Labute approximate surface area is 114 Å². The van der Waals surface area contributed by atoms with E-state index in [4.69, 9.17) is 9.26 Å². The molecule has 0 aliphatic carbocycles. The summed E-state index contributed by atoms with van der Waals surface area (Å²) in [6.07, 6.45) is 1.55. The summed E-state index contributed by atoms with van der Waals surface area (Å²) in [5, 5.41) is 13.6. The molecular weight excluding hydrogens is 258 g/mol. The second-order valence-electron chi connectivity index (χ2n) is 4.02. The van der Waals surface area contributed by atoms with Crippen molar-refractivity contribution in [3.63, 3.8) is 0 Å². The van der Waals surface area contributed by atoms with E-state index in [-0.39, 0.29) is 17.3 Å². The van der Waals surface area contributed by atoms with Gasteiger partial charge in [-0.1, -0.05) is 5.16 Å². The van der Waals surface area contributed by atoms with Crippen molar-refractivity contribution in [2.24, 2.45) is 0 Å². The van der Waals surface area contributed by atoms with Crippen LogP contribution in [-0.4, -0.2) is 27.3 Å². The van der Waals surface area contributed by atoms with E-state index in [0.717, 1.165) is 11.3 Å². The summed E-state index contributed by atoms with van der Waals surface area (Å²) in [5.41, 5.74) is 1.05. The molecular formula is C14H11N3O3. The molecule has 0 radical (unpaired) electrons. The van der Waals surface area contributed by atoms with E-state index >= 15 is 0 Å². The zero-order chi connectivity index (χ0) is 13.9. The number of aromatic hydroxyl groups is 1. The molecule has 20 heavy (non-hydrogen) atoms. The third-order valence-corrected chi connectivity index (χ3v) is 2.76.